The Hall–Kier alpha value is -1.31. The average molecular weight is 234 g/mol. The maximum absolute atomic E-state index is 11.1. The second kappa shape index (κ2) is 7.88. The van der Waals surface area contributed by atoms with Crippen LogP contribution in [0.1, 0.15) is 43.7 Å². The minimum Gasteiger partial charge on any atom is -0.466 e. The number of esters is 1. The molecule has 0 aliphatic carbocycles. The summed E-state index contributed by atoms with van der Waals surface area (Å²) < 4.78 is 5.11. The first-order valence-electron chi connectivity index (χ1n) is 6.43. The summed E-state index contributed by atoms with van der Waals surface area (Å²) >= 11 is 0. The van der Waals surface area contributed by atoms with Crippen LogP contribution < -0.4 is 0 Å². The summed E-state index contributed by atoms with van der Waals surface area (Å²) in [5, 5.41) is 0. The van der Waals surface area contributed by atoms with E-state index in [9.17, 15) is 4.79 Å². The van der Waals surface area contributed by atoms with Crippen molar-refractivity contribution in [3.63, 3.8) is 0 Å². The van der Waals surface area contributed by atoms with E-state index in [0.717, 1.165) is 25.7 Å². The van der Waals surface area contributed by atoms with Crippen molar-refractivity contribution in [3.8, 4) is 0 Å². The molecule has 17 heavy (non-hydrogen) atoms. The van der Waals surface area contributed by atoms with Crippen molar-refractivity contribution in [2.75, 3.05) is 6.61 Å². The number of carbonyl (C=O) groups is 1. The van der Waals surface area contributed by atoms with E-state index in [2.05, 4.69) is 31.2 Å². The number of benzene rings is 1. The largest absolute Gasteiger partial charge is 0.466 e. The number of unbranched alkanes of at least 4 members (excludes halogenated alkanes) is 1. The summed E-state index contributed by atoms with van der Waals surface area (Å²) in [7, 11) is 0. The molecule has 0 unspecified atom stereocenters. The molecule has 0 aliphatic rings. The lowest BCUT2D eigenvalue weighted by Gasteiger charge is -2.04. The van der Waals surface area contributed by atoms with E-state index >= 15 is 0 Å². The van der Waals surface area contributed by atoms with Crippen molar-refractivity contribution < 1.29 is 9.53 Å². The molecule has 0 amide bonds. The van der Waals surface area contributed by atoms with Gasteiger partial charge in [-0.25, -0.2) is 0 Å². The molecule has 0 aromatic heterocycles. The molecule has 0 atom stereocenters. The van der Waals surface area contributed by atoms with Gasteiger partial charge in [-0.2, -0.15) is 0 Å². The van der Waals surface area contributed by atoms with Crippen LogP contribution >= 0.6 is 0 Å². The van der Waals surface area contributed by atoms with Crippen LogP contribution in [0.25, 0.3) is 0 Å². The fourth-order valence-corrected chi connectivity index (χ4v) is 1.76. The lowest BCUT2D eigenvalue weighted by molar-refractivity contribution is -0.143. The van der Waals surface area contributed by atoms with Crippen LogP contribution in [0.2, 0.25) is 0 Å². The zero-order valence-corrected chi connectivity index (χ0v) is 10.9. The Morgan fingerprint density at radius 3 is 2.82 bits per heavy atom. The van der Waals surface area contributed by atoms with E-state index < -0.39 is 0 Å². The SMILES string of the molecule is CCCC(=O)OCCCCc1cccc(C)c1. The lowest BCUT2D eigenvalue weighted by atomic mass is 10.1. The van der Waals surface area contributed by atoms with E-state index in [1.165, 1.54) is 11.1 Å². The number of carbonyl (C=O) groups excluding carboxylic acids is 1. The monoisotopic (exact) mass is 234 g/mol. The fourth-order valence-electron chi connectivity index (χ4n) is 1.76. The van der Waals surface area contributed by atoms with Crippen molar-refractivity contribution in [1.29, 1.82) is 0 Å². The first kappa shape index (κ1) is 13.8. The molecular weight excluding hydrogens is 212 g/mol. The quantitative estimate of drug-likeness (QED) is 0.531. The zero-order chi connectivity index (χ0) is 12.5. The third-order valence-electron chi connectivity index (χ3n) is 2.66. The Morgan fingerprint density at radius 2 is 2.12 bits per heavy atom. The molecule has 0 bridgehead atoms. The summed E-state index contributed by atoms with van der Waals surface area (Å²) in [6.45, 7) is 4.65. The molecule has 1 aromatic carbocycles. The molecule has 0 aliphatic heterocycles. The van der Waals surface area contributed by atoms with E-state index in [0.29, 0.717) is 13.0 Å². The summed E-state index contributed by atoms with van der Waals surface area (Å²) in [6.07, 6.45) is 4.49. The van der Waals surface area contributed by atoms with E-state index in [1.54, 1.807) is 0 Å². The summed E-state index contributed by atoms with van der Waals surface area (Å²) in [5.41, 5.74) is 2.67. The fraction of sp³-hybridized carbons (Fsp3) is 0.533. The molecule has 0 spiro atoms. The van der Waals surface area contributed by atoms with Gasteiger partial charge in [0, 0.05) is 6.42 Å². The van der Waals surface area contributed by atoms with Gasteiger partial charge in [-0.15, -0.1) is 0 Å². The molecular formula is C15H22O2. The van der Waals surface area contributed by atoms with Crippen LogP contribution in [0.4, 0.5) is 0 Å². The number of hydrogen-bond acceptors (Lipinski definition) is 2. The molecule has 2 nitrogen and oxygen atoms in total. The van der Waals surface area contributed by atoms with Gasteiger partial charge < -0.3 is 4.74 Å². The molecule has 0 radical (unpaired) electrons. The van der Waals surface area contributed by atoms with Gasteiger partial charge in [0.05, 0.1) is 6.61 Å². The molecule has 0 saturated carbocycles. The van der Waals surface area contributed by atoms with Crippen molar-refractivity contribution >= 4 is 5.97 Å². The zero-order valence-electron chi connectivity index (χ0n) is 10.9. The summed E-state index contributed by atoms with van der Waals surface area (Å²) in [4.78, 5) is 11.1. The number of aryl methyl sites for hydroxylation is 2. The Morgan fingerprint density at radius 1 is 1.29 bits per heavy atom. The maximum Gasteiger partial charge on any atom is 0.305 e. The second-order valence-corrected chi connectivity index (χ2v) is 4.42. The predicted octanol–water partition coefficient (Wildman–Crippen LogP) is 3.66. The third kappa shape index (κ3) is 6.10. The molecule has 2 heteroatoms. The van der Waals surface area contributed by atoms with Gasteiger partial charge in [0.2, 0.25) is 0 Å². The predicted molar refractivity (Wildman–Crippen MR) is 70.0 cm³/mol. The Labute approximate surface area is 104 Å². The van der Waals surface area contributed by atoms with Crippen molar-refractivity contribution in [3.05, 3.63) is 35.4 Å². The van der Waals surface area contributed by atoms with Gasteiger partial charge in [-0.3, -0.25) is 4.79 Å². The van der Waals surface area contributed by atoms with Crippen molar-refractivity contribution in [2.24, 2.45) is 0 Å². The van der Waals surface area contributed by atoms with Crippen molar-refractivity contribution in [1.82, 2.24) is 0 Å². The van der Waals surface area contributed by atoms with E-state index in [1.807, 2.05) is 6.92 Å². The Balaban J connectivity index is 2.10. The van der Waals surface area contributed by atoms with Gasteiger partial charge in [0.15, 0.2) is 0 Å². The number of hydrogen-bond donors (Lipinski definition) is 0. The Kier molecular flexibility index (Phi) is 6.38. The first-order valence-corrected chi connectivity index (χ1v) is 6.43. The van der Waals surface area contributed by atoms with Gasteiger partial charge in [0.25, 0.3) is 0 Å². The van der Waals surface area contributed by atoms with Crippen LogP contribution in [0.5, 0.6) is 0 Å². The minimum absolute atomic E-state index is 0.0666. The average Bonchev–Trinajstić information content (AvgIpc) is 2.29. The molecule has 0 fully saturated rings. The molecule has 0 heterocycles. The second-order valence-electron chi connectivity index (χ2n) is 4.42. The normalized spacial score (nSPS) is 10.2. The van der Waals surface area contributed by atoms with Crippen LogP contribution in [0.15, 0.2) is 24.3 Å². The highest BCUT2D eigenvalue weighted by Gasteiger charge is 2.00. The van der Waals surface area contributed by atoms with Gasteiger partial charge in [0.1, 0.15) is 0 Å². The topological polar surface area (TPSA) is 26.3 Å². The highest BCUT2D eigenvalue weighted by Crippen LogP contribution is 2.08. The van der Waals surface area contributed by atoms with Crippen LogP contribution in [0, 0.1) is 6.92 Å². The van der Waals surface area contributed by atoms with Gasteiger partial charge >= 0.3 is 5.97 Å². The maximum atomic E-state index is 11.1. The molecule has 1 aromatic rings. The van der Waals surface area contributed by atoms with Crippen LogP contribution in [0.3, 0.4) is 0 Å². The first-order chi connectivity index (χ1) is 8.22. The van der Waals surface area contributed by atoms with Crippen molar-refractivity contribution in [2.45, 2.75) is 46.0 Å². The summed E-state index contributed by atoms with van der Waals surface area (Å²) in [6, 6.07) is 8.56. The molecule has 94 valence electrons. The third-order valence-corrected chi connectivity index (χ3v) is 2.66. The van der Waals surface area contributed by atoms with Gasteiger partial charge in [-0.05, 0) is 38.2 Å². The van der Waals surface area contributed by atoms with Crippen LogP contribution in [-0.4, -0.2) is 12.6 Å². The van der Waals surface area contributed by atoms with E-state index in [-0.39, 0.29) is 5.97 Å². The lowest BCUT2D eigenvalue weighted by Crippen LogP contribution is -2.05. The standard InChI is InChI=1S/C15H22O2/c1-3-7-15(16)17-11-5-4-9-14-10-6-8-13(2)12-14/h6,8,10,12H,3-5,7,9,11H2,1-2H3. The summed E-state index contributed by atoms with van der Waals surface area (Å²) in [5.74, 6) is -0.0666. The smallest absolute Gasteiger partial charge is 0.305 e. The highest BCUT2D eigenvalue weighted by molar-refractivity contribution is 5.69. The van der Waals surface area contributed by atoms with Crippen LogP contribution in [-0.2, 0) is 16.0 Å². The molecule has 0 saturated heterocycles. The van der Waals surface area contributed by atoms with E-state index in [4.69, 9.17) is 4.74 Å². The minimum atomic E-state index is -0.0666. The Bertz CT molecular complexity index is 345. The number of ether oxygens (including phenoxy) is 1. The molecule has 0 N–H and O–H groups in total. The molecule has 1 rings (SSSR count). The van der Waals surface area contributed by atoms with Gasteiger partial charge in [-0.1, -0.05) is 36.8 Å². The highest BCUT2D eigenvalue weighted by atomic mass is 16.5. The number of rotatable bonds is 7.